The smallest absolute Gasteiger partial charge is 0.196 e. The highest BCUT2D eigenvalue weighted by atomic mass is 19.2. The molecule has 1 aromatic rings. The molecule has 1 aromatic carbocycles. The lowest BCUT2D eigenvalue weighted by molar-refractivity contribution is 0.280. The Bertz CT molecular complexity index is 423. The van der Waals surface area contributed by atoms with Gasteiger partial charge in [0.25, 0.3) is 0 Å². The fourth-order valence-corrected chi connectivity index (χ4v) is 2.92. The molecule has 1 aliphatic rings. The van der Waals surface area contributed by atoms with Gasteiger partial charge < -0.3 is 5.32 Å². The van der Waals surface area contributed by atoms with Gasteiger partial charge in [-0.2, -0.15) is 0 Å². The minimum Gasteiger partial charge on any atom is -0.380 e. The van der Waals surface area contributed by atoms with Gasteiger partial charge >= 0.3 is 0 Å². The predicted octanol–water partition coefficient (Wildman–Crippen LogP) is 4.34. The fourth-order valence-electron chi connectivity index (χ4n) is 2.92. The zero-order chi connectivity index (χ0) is 13.3. The molecule has 2 unspecified atom stereocenters. The number of rotatable bonds is 2. The maximum absolute atomic E-state index is 13.5. The number of nitrogens with one attached hydrogen (secondary N) is 1. The summed E-state index contributed by atoms with van der Waals surface area (Å²) in [6.07, 6.45) is 3.03. The normalized spacial score (nSPS) is 28.2. The summed E-state index contributed by atoms with van der Waals surface area (Å²) in [7, 11) is 0. The predicted molar refractivity (Wildman–Crippen MR) is 65.9 cm³/mol. The maximum Gasteiger partial charge on any atom is 0.196 e. The van der Waals surface area contributed by atoms with E-state index in [1.54, 1.807) is 0 Å². The first-order valence-electron chi connectivity index (χ1n) is 6.37. The van der Waals surface area contributed by atoms with E-state index in [0.717, 1.165) is 18.9 Å². The molecule has 0 aromatic heterocycles. The molecule has 0 radical (unpaired) electrons. The molecule has 1 fully saturated rings. The minimum atomic E-state index is -1.41. The van der Waals surface area contributed by atoms with E-state index >= 15 is 0 Å². The Balaban J connectivity index is 2.12. The van der Waals surface area contributed by atoms with E-state index in [1.807, 2.05) is 0 Å². The molecule has 1 N–H and O–H groups in total. The van der Waals surface area contributed by atoms with Crippen molar-refractivity contribution in [3.05, 3.63) is 29.6 Å². The first-order chi connectivity index (χ1) is 8.47. The highest BCUT2D eigenvalue weighted by Gasteiger charge is 2.25. The van der Waals surface area contributed by atoms with Crippen LogP contribution in [0, 0.1) is 29.3 Å². The molecule has 18 heavy (non-hydrogen) atoms. The summed E-state index contributed by atoms with van der Waals surface area (Å²) in [6.45, 7) is 4.32. The van der Waals surface area contributed by atoms with Gasteiger partial charge in [-0.05, 0) is 43.2 Å². The van der Waals surface area contributed by atoms with Crippen LogP contribution < -0.4 is 5.32 Å². The van der Waals surface area contributed by atoms with Gasteiger partial charge in [-0.25, -0.2) is 13.2 Å². The first kappa shape index (κ1) is 13.2. The van der Waals surface area contributed by atoms with E-state index in [4.69, 9.17) is 0 Å². The lowest BCUT2D eigenvalue weighted by Gasteiger charge is -2.32. The molecular formula is C14H18F3N. The third kappa shape index (κ3) is 2.79. The van der Waals surface area contributed by atoms with E-state index in [-0.39, 0.29) is 11.7 Å². The van der Waals surface area contributed by atoms with E-state index < -0.39 is 17.5 Å². The molecule has 100 valence electrons. The van der Waals surface area contributed by atoms with E-state index in [1.165, 1.54) is 12.5 Å². The van der Waals surface area contributed by atoms with Crippen LogP contribution in [0.3, 0.4) is 0 Å². The van der Waals surface area contributed by atoms with Gasteiger partial charge in [0.15, 0.2) is 17.5 Å². The highest BCUT2D eigenvalue weighted by Crippen LogP contribution is 2.31. The zero-order valence-electron chi connectivity index (χ0n) is 10.6. The first-order valence-corrected chi connectivity index (χ1v) is 6.37. The number of hydrogen-bond donors (Lipinski definition) is 1. The molecular weight excluding hydrogens is 239 g/mol. The molecule has 0 spiro atoms. The Hall–Kier alpha value is -1.19. The van der Waals surface area contributed by atoms with Crippen LogP contribution in [0.15, 0.2) is 12.1 Å². The van der Waals surface area contributed by atoms with Crippen molar-refractivity contribution in [2.45, 2.75) is 39.2 Å². The van der Waals surface area contributed by atoms with Crippen LogP contribution in [0.25, 0.3) is 0 Å². The molecule has 0 bridgehead atoms. The van der Waals surface area contributed by atoms with Gasteiger partial charge in [-0.3, -0.25) is 0 Å². The average molecular weight is 257 g/mol. The monoisotopic (exact) mass is 257 g/mol. The van der Waals surface area contributed by atoms with Crippen molar-refractivity contribution in [1.82, 2.24) is 0 Å². The molecule has 0 heterocycles. The molecule has 1 saturated carbocycles. The summed E-state index contributed by atoms with van der Waals surface area (Å²) >= 11 is 0. The molecule has 4 heteroatoms. The summed E-state index contributed by atoms with van der Waals surface area (Å²) in [5.74, 6) is -2.54. The van der Waals surface area contributed by atoms with Crippen molar-refractivity contribution in [2.75, 3.05) is 5.32 Å². The Labute approximate surface area is 105 Å². The second-order valence-corrected chi connectivity index (χ2v) is 5.48. The molecule has 0 amide bonds. The minimum absolute atomic E-state index is 0.0557. The van der Waals surface area contributed by atoms with Gasteiger partial charge in [0.2, 0.25) is 0 Å². The summed E-state index contributed by atoms with van der Waals surface area (Å²) < 4.78 is 39.5. The van der Waals surface area contributed by atoms with Crippen molar-refractivity contribution in [2.24, 2.45) is 11.8 Å². The molecule has 2 rings (SSSR count). The summed E-state index contributed by atoms with van der Waals surface area (Å²) in [5, 5.41) is 3.00. The van der Waals surface area contributed by atoms with E-state index in [0.29, 0.717) is 11.8 Å². The third-order valence-corrected chi connectivity index (χ3v) is 3.57. The number of halogens is 3. The number of anilines is 1. The Kier molecular flexibility index (Phi) is 3.83. The average Bonchev–Trinajstić information content (AvgIpc) is 2.29. The topological polar surface area (TPSA) is 12.0 Å². The van der Waals surface area contributed by atoms with Gasteiger partial charge in [0.1, 0.15) is 0 Å². The van der Waals surface area contributed by atoms with Gasteiger partial charge in [0, 0.05) is 6.04 Å². The third-order valence-electron chi connectivity index (χ3n) is 3.57. The number of hydrogen-bond acceptors (Lipinski definition) is 1. The molecule has 0 saturated heterocycles. The second kappa shape index (κ2) is 5.21. The molecule has 1 aliphatic carbocycles. The standard InChI is InChI=1S/C14H18F3N/c1-8-5-9(2)7-10(6-8)18-12-4-3-11(15)13(16)14(12)17/h3-4,8-10,18H,5-7H2,1-2H3. The molecule has 1 nitrogen and oxygen atoms in total. The molecule has 2 atom stereocenters. The quantitative estimate of drug-likeness (QED) is 0.777. The summed E-state index contributed by atoms with van der Waals surface area (Å²) in [5.41, 5.74) is 0.0557. The van der Waals surface area contributed by atoms with E-state index in [2.05, 4.69) is 19.2 Å². The van der Waals surface area contributed by atoms with Crippen molar-refractivity contribution >= 4 is 5.69 Å². The SMILES string of the molecule is CC1CC(C)CC(Nc2ccc(F)c(F)c2F)C1. The lowest BCUT2D eigenvalue weighted by atomic mass is 9.80. The van der Waals surface area contributed by atoms with Crippen molar-refractivity contribution in [3.63, 3.8) is 0 Å². The zero-order valence-corrected chi connectivity index (χ0v) is 10.6. The van der Waals surface area contributed by atoms with Gasteiger partial charge in [-0.15, -0.1) is 0 Å². The van der Waals surface area contributed by atoms with Crippen LogP contribution in [0.5, 0.6) is 0 Å². The summed E-state index contributed by atoms with van der Waals surface area (Å²) in [4.78, 5) is 0. The van der Waals surface area contributed by atoms with Crippen LogP contribution in [0.4, 0.5) is 18.9 Å². The highest BCUT2D eigenvalue weighted by molar-refractivity contribution is 5.46. The largest absolute Gasteiger partial charge is 0.380 e. The van der Waals surface area contributed by atoms with Crippen LogP contribution in [0.1, 0.15) is 33.1 Å². The maximum atomic E-state index is 13.5. The van der Waals surface area contributed by atoms with Crippen LogP contribution in [0.2, 0.25) is 0 Å². The Morgan fingerprint density at radius 1 is 0.944 bits per heavy atom. The Morgan fingerprint density at radius 2 is 1.56 bits per heavy atom. The van der Waals surface area contributed by atoms with Crippen LogP contribution in [-0.4, -0.2) is 6.04 Å². The van der Waals surface area contributed by atoms with Crippen molar-refractivity contribution < 1.29 is 13.2 Å². The Morgan fingerprint density at radius 3 is 2.17 bits per heavy atom. The van der Waals surface area contributed by atoms with Crippen LogP contribution in [-0.2, 0) is 0 Å². The second-order valence-electron chi connectivity index (χ2n) is 5.48. The van der Waals surface area contributed by atoms with Crippen LogP contribution >= 0.6 is 0 Å². The lowest BCUT2D eigenvalue weighted by Crippen LogP contribution is -2.30. The van der Waals surface area contributed by atoms with Gasteiger partial charge in [-0.1, -0.05) is 13.8 Å². The van der Waals surface area contributed by atoms with Crippen molar-refractivity contribution in [3.8, 4) is 0 Å². The van der Waals surface area contributed by atoms with Gasteiger partial charge in [0.05, 0.1) is 5.69 Å². The fraction of sp³-hybridized carbons (Fsp3) is 0.571. The van der Waals surface area contributed by atoms with E-state index in [9.17, 15) is 13.2 Å². The summed E-state index contributed by atoms with van der Waals surface area (Å²) in [6, 6.07) is 2.34. The molecule has 0 aliphatic heterocycles. The number of benzene rings is 1. The van der Waals surface area contributed by atoms with Crippen molar-refractivity contribution in [1.29, 1.82) is 0 Å².